The Kier molecular flexibility index (Phi) is 5.35. The molecule has 3 N–H and O–H groups in total. The average Bonchev–Trinajstić information content (AvgIpc) is 3.21. The average molecular weight is 459 g/mol. The fourth-order valence-corrected chi connectivity index (χ4v) is 3.46. The lowest BCUT2D eigenvalue weighted by atomic mass is 9.97. The number of carboxylic acid groups (broad SMARTS) is 1. The molecule has 0 amide bonds. The monoisotopic (exact) mass is 458 g/mol. The molecular formula is C22H14ClF3N4O2. The molecule has 2 aromatic carbocycles. The Balaban J connectivity index is 1.89. The summed E-state index contributed by atoms with van der Waals surface area (Å²) in [5.41, 5.74) is 6.41. The van der Waals surface area contributed by atoms with E-state index in [-0.39, 0.29) is 5.82 Å². The Hall–Kier alpha value is -3.85. The molecule has 0 aliphatic rings. The van der Waals surface area contributed by atoms with Crippen LogP contribution in [-0.2, 0) is 6.18 Å². The van der Waals surface area contributed by atoms with Gasteiger partial charge in [0.1, 0.15) is 5.56 Å². The third kappa shape index (κ3) is 4.02. The summed E-state index contributed by atoms with van der Waals surface area (Å²) in [7, 11) is 0. The van der Waals surface area contributed by atoms with Crippen LogP contribution in [0.3, 0.4) is 0 Å². The smallest absolute Gasteiger partial charge is 0.434 e. The second-order valence-electron chi connectivity index (χ2n) is 6.81. The second kappa shape index (κ2) is 8.01. The standard InChI is InChI=1S/C22H14ClF3N4O2/c23-13-6-9-15(12-4-7-14(27)8-5-12)16(10-13)18-2-1-3-19(29-18)30-20(22(24,25)26)17(11-28-30)21(31)32/h1-11H,27H2,(H,31,32). The Bertz CT molecular complexity index is 1320. The van der Waals surface area contributed by atoms with Crippen molar-refractivity contribution >= 4 is 23.3 Å². The number of hydrogen-bond donors (Lipinski definition) is 2. The van der Waals surface area contributed by atoms with Crippen molar-refractivity contribution in [3.63, 3.8) is 0 Å². The first kappa shape index (κ1) is 21.4. The molecule has 0 saturated carbocycles. The van der Waals surface area contributed by atoms with Crippen molar-refractivity contribution in [2.24, 2.45) is 0 Å². The maximum atomic E-state index is 13.6. The zero-order chi connectivity index (χ0) is 23.0. The first-order valence-electron chi connectivity index (χ1n) is 9.17. The van der Waals surface area contributed by atoms with Crippen LogP contribution in [0.1, 0.15) is 16.1 Å². The van der Waals surface area contributed by atoms with E-state index in [1.165, 1.54) is 12.1 Å². The fourth-order valence-electron chi connectivity index (χ4n) is 3.29. The van der Waals surface area contributed by atoms with Crippen molar-refractivity contribution in [1.29, 1.82) is 0 Å². The number of aromatic nitrogens is 3. The quantitative estimate of drug-likeness (QED) is 0.391. The first-order chi connectivity index (χ1) is 15.1. The minimum absolute atomic E-state index is 0.189. The van der Waals surface area contributed by atoms with Gasteiger partial charge in [0.05, 0.1) is 11.9 Å². The van der Waals surface area contributed by atoms with Gasteiger partial charge in [-0.15, -0.1) is 0 Å². The number of pyridine rings is 1. The lowest BCUT2D eigenvalue weighted by molar-refractivity contribution is -0.143. The Morgan fingerprint density at radius 2 is 1.75 bits per heavy atom. The van der Waals surface area contributed by atoms with E-state index in [1.807, 2.05) is 0 Å². The molecule has 10 heteroatoms. The van der Waals surface area contributed by atoms with Gasteiger partial charge in [0.2, 0.25) is 0 Å². The zero-order valence-electron chi connectivity index (χ0n) is 16.1. The number of nitrogen functional groups attached to an aromatic ring is 1. The van der Waals surface area contributed by atoms with Gasteiger partial charge in [-0.2, -0.15) is 18.3 Å². The third-order valence-corrected chi connectivity index (χ3v) is 4.93. The number of hydrogen-bond acceptors (Lipinski definition) is 4. The topological polar surface area (TPSA) is 94.0 Å². The van der Waals surface area contributed by atoms with Crippen molar-refractivity contribution in [2.75, 3.05) is 5.73 Å². The molecular weight excluding hydrogens is 445 g/mol. The van der Waals surface area contributed by atoms with Gasteiger partial charge in [0.15, 0.2) is 11.5 Å². The van der Waals surface area contributed by atoms with Crippen LogP contribution in [0.25, 0.3) is 28.2 Å². The molecule has 32 heavy (non-hydrogen) atoms. The number of nitrogens with two attached hydrogens (primary N) is 1. The summed E-state index contributed by atoms with van der Waals surface area (Å²) in [6.07, 6.45) is -4.30. The molecule has 4 rings (SSSR count). The van der Waals surface area contributed by atoms with Gasteiger partial charge >= 0.3 is 12.1 Å². The van der Waals surface area contributed by atoms with Crippen LogP contribution >= 0.6 is 11.6 Å². The van der Waals surface area contributed by atoms with Crippen LogP contribution in [0.4, 0.5) is 18.9 Å². The molecule has 0 aliphatic carbocycles. The molecule has 0 radical (unpaired) electrons. The first-order valence-corrected chi connectivity index (χ1v) is 9.55. The number of anilines is 1. The SMILES string of the molecule is Nc1ccc(-c2ccc(Cl)cc2-c2cccc(-n3ncc(C(=O)O)c3C(F)(F)F)n2)cc1. The molecule has 0 aliphatic heterocycles. The summed E-state index contributed by atoms with van der Waals surface area (Å²) in [6.45, 7) is 0. The van der Waals surface area contributed by atoms with Crippen LogP contribution in [0.15, 0.2) is 66.9 Å². The van der Waals surface area contributed by atoms with Crippen molar-refractivity contribution in [2.45, 2.75) is 6.18 Å². The molecule has 0 fully saturated rings. The molecule has 0 atom stereocenters. The Labute approximate surface area is 184 Å². The van der Waals surface area contributed by atoms with Gasteiger partial charge in [0, 0.05) is 16.3 Å². The lowest BCUT2D eigenvalue weighted by Crippen LogP contribution is -2.18. The van der Waals surface area contributed by atoms with E-state index in [9.17, 15) is 18.0 Å². The van der Waals surface area contributed by atoms with Crippen molar-refractivity contribution < 1.29 is 23.1 Å². The second-order valence-corrected chi connectivity index (χ2v) is 7.25. The number of carbonyl (C=O) groups is 1. The van der Waals surface area contributed by atoms with Gasteiger partial charge in [-0.1, -0.05) is 35.9 Å². The van der Waals surface area contributed by atoms with Crippen molar-refractivity contribution in [3.05, 3.63) is 83.1 Å². The van der Waals surface area contributed by atoms with Gasteiger partial charge in [-0.3, -0.25) is 0 Å². The van der Waals surface area contributed by atoms with Gasteiger partial charge in [0.25, 0.3) is 0 Å². The summed E-state index contributed by atoms with van der Waals surface area (Å²) in [4.78, 5) is 15.6. The van der Waals surface area contributed by atoms with Crippen LogP contribution in [0, 0.1) is 0 Å². The summed E-state index contributed by atoms with van der Waals surface area (Å²) in [6, 6.07) is 16.6. The highest BCUT2D eigenvalue weighted by Crippen LogP contribution is 2.36. The van der Waals surface area contributed by atoms with Crippen LogP contribution in [0.5, 0.6) is 0 Å². The van der Waals surface area contributed by atoms with Crippen LogP contribution in [0.2, 0.25) is 5.02 Å². The zero-order valence-corrected chi connectivity index (χ0v) is 16.9. The Morgan fingerprint density at radius 3 is 2.41 bits per heavy atom. The molecule has 162 valence electrons. The summed E-state index contributed by atoms with van der Waals surface area (Å²) in [5.74, 6) is -1.93. The molecule has 4 aromatic rings. The van der Waals surface area contributed by atoms with Gasteiger partial charge < -0.3 is 10.8 Å². The van der Waals surface area contributed by atoms with Crippen molar-refractivity contribution in [3.8, 4) is 28.2 Å². The lowest BCUT2D eigenvalue weighted by Gasteiger charge is -2.14. The van der Waals surface area contributed by atoms with Gasteiger partial charge in [-0.05, 0) is 47.5 Å². The molecule has 2 aromatic heterocycles. The predicted octanol–water partition coefficient (Wildman–Crippen LogP) is 5.55. The fraction of sp³-hybridized carbons (Fsp3) is 0.0455. The highest BCUT2D eigenvalue weighted by Gasteiger charge is 2.41. The van der Waals surface area contributed by atoms with Gasteiger partial charge in [-0.25, -0.2) is 14.5 Å². The van der Waals surface area contributed by atoms with E-state index in [1.54, 1.807) is 48.5 Å². The minimum Gasteiger partial charge on any atom is -0.478 e. The molecule has 6 nitrogen and oxygen atoms in total. The number of alkyl halides is 3. The van der Waals surface area contributed by atoms with E-state index in [0.29, 0.717) is 32.8 Å². The van der Waals surface area contributed by atoms with Crippen LogP contribution in [-0.4, -0.2) is 25.8 Å². The number of rotatable bonds is 4. The maximum Gasteiger partial charge on any atom is 0.434 e. The Morgan fingerprint density at radius 1 is 1.03 bits per heavy atom. The molecule has 0 bridgehead atoms. The van der Waals surface area contributed by atoms with E-state index >= 15 is 0 Å². The summed E-state index contributed by atoms with van der Waals surface area (Å²) in [5, 5.41) is 13.2. The highest BCUT2D eigenvalue weighted by molar-refractivity contribution is 6.31. The predicted molar refractivity (Wildman–Crippen MR) is 114 cm³/mol. The molecule has 0 saturated heterocycles. The van der Waals surface area contributed by atoms with Crippen molar-refractivity contribution in [1.82, 2.24) is 14.8 Å². The van der Waals surface area contributed by atoms with E-state index < -0.39 is 23.4 Å². The minimum atomic E-state index is -4.95. The molecule has 0 spiro atoms. The van der Waals surface area contributed by atoms with E-state index in [0.717, 1.165) is 11.1 Å². The largest absolute Gasteiger partial charge is 0.478 e. The maximum absolute atomic E-state index is 13.6. The summed E-state index contributed by atoms with van der Waals surface area (Å²) < 4.78 is 41.3. The third-order valence-electron chi connectivity index (χ3n) is 4.70. The van der Waals surface area contributed by atoms with E-state index in [2.05, 4.69) is 10.1 Å². The number of aromatic carboxylic acids is 1. The summed E-state index contributed by atoms with van der Waals surface area (Å²) >= 11 is 6.18. The normalized spacial score (nSPS) is 11.5. The van der Waals surface area contributed by atoms with Crippen LogP contribution < -0.4 is 5.73 Å². The molecule has 2 heterocycles. The molecule has 0 unspecified atom stereocenters. The highest BCUT2D eigenvalue weighted by atomic mass is 35.5. The van der Waals surface area contributed by atoms with E-state index in [4.69, 9.17) is 22.4 Å². The number of benzene rings is 2. The number of halogens is 4. The number of nitrogens with zero attached hydrogens (tertiary/aromatic N) is 3. The number of carboxylic acids is 1.